The van der Waals surface area contributed by atoms with Crippen LogP contribution in [0.2, 0.25) is 0 Å². The van der Waals surface area contributed by atoms with E-state index in [-0.39, 0.29) is 24.3 Å². The smallest absolute Gasteiger partial charge is 0.434 e. The topological polar surface area (TPSA) is 116 Å². The Morgan fingerprint density at radius 3 is 2.54 bits per heavy atom. The molecule has 148 valence electrons. The Morgan fingerprint density at radius 2 is 1.82 bits per heavy atom. The van der Waals surface area contributed by atoms with Crippen LogP contribution in [0.5, 0.6) is 17.5 Å². The van der Waals surface area contributed by atoms with E-state index in [0.717, 1.165) is 5.56 Å². The van der Waals surface area contributed by atoms with Crippen molar-refractivity contribution in [3.05, 3.63) is 35.9 Å². The summed E-state index contributed by atoms with van der Waals surface area (Å²) in [6.07, 6.45) is -0.643. The monoisotopic (exact) mass is 388 g/mol. The van der Waals surface area contributed by atoms with Crippen LogP contribution >= 0.6 is 0 Å². The molecular formula is C18H20N4O6. The summed E-state index contributed by atoms with van der Waals surface area (Å²) in [5.74, 6) is -0.218. The van der Waals surface area contributed by atoms with E-state index in [2.05, 4.69) is 10.2 Å². The minimum atomic E-state index is -0.643. The molecule has 2 amide bonds. The molecule has 1 aromatic carbocycles. The van der Waals surface area contributed by atoms with Crippen LogP contribution in [-0.2, 0) is 11.3 Å². The van der Waals surface area contributed by atoms with Crippen LogP contribution in [0.1, 0.15) is 5.56 Å². The summed E-state index contributed by atoms with van der Waals surface area (Å²) >= 11 is 0. The number of carbonyl (C=O) groups excluding carboxylic acids is 2. The fourth-order valence-corrected chi connectivity index (χ4v) is 3.21. The number of nitrogens with zero attached hydrogens (tertiary/aromatic N) is 3. The highest BCUT2D eigenvalue weighted by Gasteiger charge is 2.25. The molecule has 2 aromatic rings. The van der Waals surface area contributed by atoms with Gasteiger partial charge in [-0.3, -0.25) is 9.69 Å². The van der Waals surface area contributed by atoms with E-state index in [9.17, 15) is 19.8 Å². The number of aromatic hydroxyl groups is 2. The average molecular weight is 388 g/mol. The van der Waals surface area contributed by atoms with Crippen molar-refractivity contribution in [3.8, 4) is 17.5 Å². The number of amides is 2. The Balaban J connectivity index is 1.31. The van der Waals surface area contributed by atoms with Crippen LogP contribution in [0, 0.1) is 0 Å². The van der Waals surface area contributed by atoms with E-state index >= 15 is 0 Å². The third kappa shape index (κ3) is 3.67. The predicted octanol–water partition coefficient (Wildman–Crippen LogP) is 0.597. The predicted molar refractivity (Wildman–Crippen MR) is 97.2 cm³/mol. The number of hydrogen-bond acceptors (Lipinski definition) is 7. The number of carbonyl (C=O) groups is 2. The van der Waals surface area contributed by atoms with Gasteiger partial charge in [-0.2, -0.15) is 0 Å². The first-order valence-corrected chi connectivity index (χ1v) is 8.84. The highest BCUT2D eigenvalue weighted by Crippen LogP contribution is 2.29. The molecule has 4 rings (SSSR count). The number of benzene rings is 1. The second-order valence-electron chi connectivity index (χ2n) is 6.63. The Morgan fingerprint density at radius 1 is 1.11 bits per heavy atom. The Kier molecular flexibility index (Phi) is 4.70. The average Bonchev–Trinajstić information content (AvgIpc) is 3.00. The molecule has 1 aromatic heterocycles. The van der Waals surface area contributed by atoms with Crippen LogP contribution in [-0.4, -0.2) is 69.5 Å². The molecule has 0 saturated carbocycles. The molecule has 0 atom stereocenters. The van der Waals surface area contributed by atoms with Gasteiger partial charge in [-0.1, -0.05) is 6.07 Å². The molecule has 0 unspecified atom stereocenters. The molecule has 3 N–H and O–H groups in total. The van der Waals surface area contributed by atoms with Gasteiger partial charge in [0.2, 0.25) is 11.8 Å². The van der Waals surface area contributed by atoms with Gasteiger partial charge in [-0.25, -0.2) is 4.79 Å². The molecule has 1 saturated heterocycles. The summed E-state index contributed by atoms with van der Waals surface area (Å²) in [4.78, 5) is 32.4. The highest BCUT2D eigenvalue weighted by molar-refractivity contribution is 5.95. The molecule has 2 aliphatic rings. The van der Waals surface area contributed by atoms with Crippen molar-refractivity contribution in [2.75, 3.05) is 38.1 Å². The lowest BCUT2D eigenvalue weighted by Crippen LogP contribution is -2.50. The molecule has 0 radical (unpaired) electrons. The van der Waals surface area contributed by atoms with E-state index in [1.807, 2.05) is 18.2 Å². The van der Waals surface area contributed by atoms with Crippen LogP contribution in [0.25, 0.3) is 0 Å². The molecule has 0 bridgehead atoms. The van der Waals surface area contributed by atoms with Gasteiger partial charge in [0, 0.05) is 44.9 Å². The SMILES string of the molecule is O=C1COc2ccc(CN3CCN(C(=O)On4c(O)ccc4O)CC3)cc2N1. The summed E-state index contributed by atoms with van der Waals surface area (Å²) < 4.78 is 6.04. The number of ether oxygens (including phenoxy) is 1. The normalized spacial score (nSPS) is 16.9. The second kappa shape index (κ2) is 7.31. The molecule has 28 heavy (non-hydrogen) atoms. The minimum Gasteiger partial charge on any atom is -0.492 e. The van der Waals surface area contributed by atoms with Crippen LogP contribution < -0.4 is 14.9 Å². The number of anilines is 1. The van der Waals surface area contributed by atoms with Gasteiger partial charge in [-0.15, -0.1) is 4.73 Å². The maximum atomic E-state index is 12.2. The molecule has 0 aliphatic carbocycles. The van der Waals surface area contributed by atoms with E-state index in [0.29, 0.717) is 48.9 Å². The number of piperazine rings is 1. The van der Waals surface area contributed by atoms with Crippen molar-refractivity contribution in [2.24, 2.45) is 0 Å². The lowest BCUT2D eigenvalue weighted by atomic mass is 10.1. The summed E-state index contributed by atoms with van der Waals surface area (Å²) in [5, 5.41) is 21.9. The van der Waals surface area contributed by atoms with E-state index < -0.39 is 6.09 Å². The maximum Gasteiger partial charge on any atom is 0.434 e. The first-order chi connectivity index (χ1) is 13.5. The first kappa shape index (κ1) is 18.0. The summed E-state index contributed by atoms with van der Waals surface area (Å²) in [6, 6.07) is 8.14. The van der Waals surface area contributed by atoms with Gasteiger partial charge >= 0.3 is 6.09 Å². The lowest BCUT2D eigenvalue weighted by Gasteiger charge is -2.34. The van der Waals surface area contributed by atoms with Gasteiger partial charge in [-0.05, 0) is 17.7 Å². The van der Waals surface area contributed by atoms with Crippen molar-refractivity contribution in [3.63, 3.8) is 0 Å². The molecule has 0 spiro atoms. The van der Waals surface area contributed by atoms with Crippen molar-refractivity contribution >= 4 is 17.7 Å². The van der Waals surface area contributed by atoms with Gasteiger partial charge in [0.1, 0.15) is 5.75 Å². The standard InChI is InChI=1S/C18H20N4O6/c23-15-11-27-14-2-1-12(9-13(14)19-15)10-20-5-7-21(8-6-20)18(26)28-22-16(24)3-4-17(22)25/h1-4,9,24-25H,5-8,10-11H2,(H,19,23). The highest BCUT2D eigenvalue weighted by atomic mass is 16.7. The quantitative estimate of drug-likeness (QED) is 0.705. The summed E-state index contributed by atoms with van der Waals surface area (Å²) in [7, 11) is 0. The molecule has 10 nitrogen and oxygen atoms in total. The number of rotatable bonds is 3. The van der Waals surface area contributed by atoms with Gasteiger partial charge < -0.3 is 30.0 Å². The van der Waals surface area contributed by atoms with Crippen molar-refractivity contribution in [2.45, 2.75) is 6.54 Å². The van der Waals surface area contributed by atoms with Crippen molar-refractivity contribution in [1.29, 1.82) is 0 Å². The fourth-order valence-electron chi connectivity index (χ4n) is 3.21. The van der Waals surface area contributed by atoms with Gasteiger partial charge in [0.05, 0.1) is 5.69 Å². The Labute approximate surface area is 160 Å². The molecule has 3 heterocycles. The third-order valence-corrected chi connectivity index (χ3v) is 4.68. The van der Waals surface area contributed by atoms with Crippen molar-refractivity contribution in [1.82, 2.24) is 14.5 Å². The second-order valence-corrected chi connectivity index (χ2v) is 6.63. The minimum absolute atomic E-state index is 0.0307. The number of hydrogen-bond donors (Lipinski definition) is 3. The molecular weight excluding hydrogens is 368 g/mol. The summed E-state index contributed by atoms with van der Waals surface area (Å²) in [5.41, 5.74) is 1.70. The molecule has 2 aliphatic heterocycles. The van der Waals surface area contributed by atoms with E-state index in [1.54, 1.807) is 0 Å². The molecule has 10 heteroatoms. The zero-order valence-corrected chi connectivity index (χ0v) is 15.0. The van der Waals surface area contributed by atoms with Crippen LogP contribution in [0.3, 0.4) is 0 Å². The maximum absolute atomic E-state index is 12.2. The zero-order valence-electron chi connectivity index (χ0n) is 15.0. The van der Waals surface area contributed by atoms with Crippen molar-refractivity contribution < 1.29 is 29.4 Å². The summed E-state index contributed by atoms with van der Waals surface area (Å²) in [6.45, 7) is 2.88. The largest absolute Gasteiger partial charge is 0.492 e. The van der Waals surface area contributed by atoms with E-state index in [4.69, 9.17) is 9.57 Å². The van der Waals surface area contributed by atoms with Crippen LogP contribution in [0.4, 0.5) is 10.5 Å². The van der Waals surface area contributed by atoms with Crippen LogP contribution in [0.15, 0.2) is 30.3 Å². The number of aromatic nitrogens is 1. The third-order valence-electron chi connectivity index (χ3n) is 4.68. The first-order valence-electron chi connectivity index (χ1n) is 8.84. The van der Waals surface area contributed by atoms with Gasteiger partial charge in [0.25, 0.3) is 5.91 Å². The molecule has 1 fully saturated rings. The fraction of sp³-hybridized carbons (Fsp3) is 0.333. The zero-order chi connectivity index (χ0) is 19.7. The Hall–Kier alpha value is -3.40. The number of fused-ring (bicyclic) bond motifs is 1. The van der Waals surface area contributed by atoms with Gasteiger partial charge in [0.15, 0.2) is 6.61 Å². The Bertz CT molecular complexity index is 884. The van der Waals surface area contributed by atoms with E-state index in [1.165, 1.54) is 17.0 Å². The number of nitrogens with one attached hydrogen (secondary N) is 1. The lowest BCUT2D eigenvalue weighted by molar-refractivity contribution is -0.118.